The van der Waals surface area contributed by atoms with Gasteiger partial charge in [-0.15, -0.1) is 0 Å². The van der Waals surface area contributed by atoms with Gasteiger partial charge in [-0.1, -0.05) is 12.1 Å². The first-order valence-corrected chi connectivity index (χ1v) is 10.5. The van der Waals surface area contributed by atoms with Gasteiger partial charge < -0.3 is 24.1 Å². The van der Waals surface area contributed by atoms with Crippen molar-refractivity contribution < 1.29 is 13.9 Å². The molecule has 0 saturated carbocycles. The Labute approximate surface area is 173 Å². The molecule has 1 aromatic carbocycles. The first-order valence-electron chi connectivity index (χ1n) is 10.5. The van der Waals surface area contributed by atoms with Gasteiger partial charge in [0, 0.05) is 46.3 Å². The molecule has 0 aliphatic carbocycles. The molecule has 1 aliphatic heterocycles. The second-order valence-corrected chi connectivity index (χ2v) is 7.50. The second-order valence-electron chi connectivity index (χ2n) is 7.50. The molecule has 2 heterocycles. The average molecular weight is 400 g/mol. The summed E-state index contributed by atoms with van der Waals surface area (Å²) >= 11 is 0. The standard InChI is InChI=1S/C23H33N3O3/c1-26(18-20-11-16-28-17-12-20)23(25-14-10-22-4-3-15-29-22)24-13-9-19-5-7-21(27-2)8-6-19/h3-8,15,20H,9-14,16-18H2,1-2H3,(H,24,25). The predicted octanol–water partition coefficient (Wildman–Crippen LogP) is 3.38. The van der Waals surface area contributed by atoms with E-state index in [9.17, 15) is 0 Å². The molecule has 6 nitrogen and oxygen atoms in total. The fourth-order valence-electron chi connectivity index (χ4n) is 3.55. The summed E-state index contributed by atoms with van der Waals surface area (Å²) in [7, 11) is 3.82. The van der Waals surface area contributed by atoms with Crippen LogP contribution in [0.1, 0.15) is 24.2 Å². The smallest absolute Gasteiger partial charge is 0.193 e. The first-order chi connectivity index (χ1) is 14.2. The number of rotatable bonds is 9. The maximum Gasteiger partial charge on any atom is 0.193 e. The van der Waals surface area contributed by atoms with Crippen LogP contribution in [0.4, 0.5) is 0 Å². The summed E-state index contributed by atoms with van der Waals surface area (Å²) < 4.78 is 16.2. The van der Waals surface area contributed by atoms with Crippen molar-refractivity contribution in [3.63, 3.8) is 0 Å². The van der Waals surface area contributed by atoms with Crippen molar-refractivity contribution in [2.45, 2.75) is 25.7 Å². The molecule has 0 bridgehead atoms. The third-order valence-electron chi connectivity index (χ3n) is 5.29. The Morgan fingerprint density at radius 1 is 1.17 bits per heavy atom. The molecule has 1 N–H and O–H groups in total. The topological polar surface area (TPSA) is 59.2 Å². The fraction of sp³-hybridized carbons (Fsp3) is 0.522. The van der Waals surface area contributed by atoms with Gasteiger partial charge in [0.15, 0.2) is 5.96 Å². The van der Waals surface area contributed by atoms with Gasteiger partial charge in [-0.3, -0.25) is 4.99 Å². The Morgan fingerprint density at radius 3 is 2.66 bits per heavy atom. The van der Waals surface area contributed by atoms with Gasteiger partial charge >= 0.3 is 0 Å². The molecule has 1 saturated heterocycles. The highest BCUT2D eigenvalue weighted by atomic mass is 16.5. The van der Waals surface area contributed by atoms with Crippen molar-refractivity contribution in [3.8, 4) is 5.75 Å². The van der Waals surface area contributed by atoms with Crippen LogP contribution in [0, 0.1) is 5.92 Å². The van der Waals surface area contributed by atoms with E-state index in [1.54, 1.807) is 13.4 Å². The van der Waals surface area contributed by atoms with E-state index >= 15 is 0 Å². The third kappa shape index (κ3) is 7.13. The molecule has 29 heavy (non-hydrogen) atoms. The number of nitrogens with zero attached hydrogens (tertiary/aromatic N) is 2. The number of hydrogen-bond acceptors (Lipinski definition) is 4. The van der Waals surface area contributed by atoms with Crippen molar-refractivity contribution >= 4 is 5.96 Å². The highest BCUT2D eigenvalue weighted by Crippen LogP contribution is 2.16. The van der Waals surface area contributed by atoms with Gasteiger partial charge in [-0.25, -0.2) is 0 Å². The second kappa shape index (κ2) is 11.5. The third-order valence-corrected chi connectivity index (χ3v) is 5.29. The number of hydrogen-bond donors (Lipinski definition) is 1. The van der Waals surface area contributed by atoms with Crippen LogP contribution >= 0.6 is 0 Å². The van der Waals surface area contributed by atoms with Gasteiger partial charge in [0.2, 0.25) is 0 Å². The molecule has 0 amide bonds. The zero-order chi connectivity index (χ0) is 20.3. The molecule has 6 heteroatoms. The number of methoxy groups -OCH3 is 1. The fourth-order valence-corrected chi connectivity index (χ4v) is 3.55. The molecule has 0 spiro atoms. The van der Waals surface area contributed by atoms with Gasteiger partial charge in [0.05, 0.1) is 13.4 Å². The van der Waals surface area contributed by atoms with Crippen molar-refractivity contribution in [2.24, 2.45) is 10.9 Å². The van der Waals surface area contributed by atoms with Gasteiger partial charge in [-0.05, 0) is 55.0 Å². The molecule has 2 aromatic rings. The number of furan rings is 1. The van der Waals surface area contributed by atoms with Gasteiger partial charge in [0.25, 0.3) is 0 Å². The van der Waals surface area contributed by atoms with E-state index < -0.39 is 0 Å². The maximum atomic E-state index is 5.49. The van der Waals surface area contributed by atoms with E-state index in [1.807, 2.05) is 24.3 Å². The quantitative estimate of drug-likeness (QED) is 0.517. The Morgan fingerprint density at radius 2 is 1.97 bits per heavy atom. The van der Waals surface area contributed by atoms with Crippen molar-refractivity contribution in [1.82, 2.24) is 10.2 Å². The van der Waals surface area contributed by atoms with E-state index in [-0.39, 0.29) is 0 Å². The summed E-state index contributed by atoms with van der Waals surface area (Å²) in [5, 5.41) is 3.55. The van der Waals surface area contributed by atoms with Crippen LogP contribution in [-0.2, 0) is 17.6 Å². The number of guanidine groups is 1. The van der Waals surface area contributed by atoms with Crippen molar-refractivity contribution in [3.05, 3.63) is 54.0 Å². The Kier molecular flexibility index (Phi) is 8.43. The maximum absolute atomic E-state index is 5.49. The Balaban J connectivity index is 1.54. The van der Waals surface area contributed by atoms with E-state index in [0.29, 0.717) is 12.5 Å². The lowest BCUT2D eigenvalue weighted by atomic mass is 10.00. The largest absolute Gasteiger partial charge is 0.497 e. The summed E-state index contributed by atoms with van der Waals surface area (Å²) in [5.41, 5.74) is 1.28. The van der Waals surface area contributed by atoms with E-state index in [0.717, 1.165) is 69.5 Å². The monoisotopic (exact) mass is 399 g/mol. The minimum absolute atomic E-state index is 0.660. The molecule has 0 atom stereocenters. The summed E-state index contributed by atoms with van der Waals surface area (Å²) in [6.07, 6.45) is 5.70. The van der Waals surface area contributed by atoms with Crippen LogP contribution in [0.15, 0.2) is 52.1 Å². The lowest BCUT2D eigenvalue weighted by molar-refractivity contribution is 0.0610. The molecule has 1 aliphatic rings. The molecule has 1 aromatic heterocycles. The Hall–Kier alpha value is -2.47. The SMILES string of the molecule is COc1ccc(CCNC(=NCCc2ccco2)N(C)CC2CCOCC2)cc1. The van der Waals surface area contributed by atoms with Crippen molar-refractivity contribution in [2.75, 3.05) is 47.0 Å². The molecular formula is C23H33N3O3. The summed E-state index contributed by atoms with van der Waals surface area (Å²) in [6.45, 7) is 4.28. The average Bonchev–Trinajstić information content (AvgIpc) is 3.27. The number of ether oxygens (including phenoxy) is 2. The summed E-state index contributed by atoms with van der Waals surface area (Å²) in [5.74, 6) is 3.47. The predicted molar refractivity (Wildman–Crippen MR) is 116 cm³/mol. The van der Waals surface area contributed by atoms with Crippen LogP contribution < -0.4 is 10.1 Å². The Bertz CT molecular complexity index is 722. The van der Waals surface area contributed by atoms with Crippen LogP contribution in [0.25, 0.3) is 0 Å². The lowest BCUT2D eigenvalue weighted by Gasteiger charge is -2.29. The van der Waals surface area contributed by atoms with Gasteiger partial charge in [-0.2, -0.15) is 0 Å². The van der Waals surface area contributed by atoms with E-state index in [4.69, 9.17) is 18.9 Å². The number of aliphatic imine (C=N–C) groups is 1. The lowest BCUT2D eigenvalue weighted by Crippen LogP contribution is -2.43. The van der Waals surface area contributed by atoms with Crippen LogP contribution in [-0.4, -0.2) is 57.9 Å². The summed E-state index contributed by atoms with van der Waals surface area (Å²) in [6, 6.07) is 12.2. The van der Waals surface area contributed by atoms with Gasteiger partial charge in [0.1, 0.15) is 11.5 Å². The normalized spacial score (nSPS) is 15.3. The highest BCUT2D eigenvalue weighted by Gasteiger charge is 2.17. The molecule has 0 radical (unpaired) electrons. The van der Waals surface area contributed by atoms with E-state index in [1.165, 1.54) is 5.56 Å². The summed E-state index contributed by atoms with van der Waals surface area (Å²) in [4.78, 5) is 7.10. The zero-order valence-corrected chi connectivity index (χ0v) is 17.6. The molecule has 1 fully saturated rings. The first kappa shape index (κ1) is 21.2. The van der Waals surface area contributed by atoms with Crippen LogP contribution in [0.3, 0.4) is 0 Å². The van der Waals surface area contributed by atoms with Crippen LogP contribution in [0.5, 0.6) is 5.75 Å². The van der Waals surface area contributed by atoms with E-state index in [2.05, 4.69) is 29.4 Å². The van der Waals surface area contributed by atoms with Crippen LogP contribution in [0.2, 0.25) is 0 Å². The highest BCUT2D eigenvalue weighted by molar-refractivity contribution is 5.79. The number of benzene rings is 1. The molecular weight excluding hydrogens is 366 g/mol. The minimum Gasteiger partial charge on any atom is -0.497 e. The molecule has 0 unspecified atom stereocenters. The molecule has 3 rings (SSSR count). The van der Waals surface area contributed by atoms with Crippen molar-refractivity contribution in [1.29, 1.82) is 0 Å². The zero-order valence-electron chi connectivity index (χ0n) is 17.6. The molecule has 158 valence electrons. The minimum atomic E-state index is 0.660. The number of nitrogens with one attached hydrogen (secondary N) is 1.